The van der Waals surface area contributed by atoms with Crippen molar-refractivity contribution in [2.45, 2.75) is 19.6 Å². The molecule has 1 aromatic rings. The van der Waals surface area contributed by atoms with E-state index in [0.29, 0.717) is 19.8 Å². The number of ether oxygens (including phenoxy) is 1. The lowest BCUT2D eigenvalue weighted by atomic mass is 10.2. The van der Waals surface area contributed by atoms with Gasteiger partial charge >= 0.3 is 0 Å². The quantitative estimate of drug-likeness (QED) is 0.662. The van der Waals surface area contributed by atoms with E-state index in [9.17, 15) is 0 Å². The Morgan fingerprint density at radius 3 is 2.73 bits per heavy atom. The third kappa shape index (κ3) is 6.23. The Hall–Kier alpha value is -0.900. The minimum absolute atomic E-state index is 0.292. The van der Waals surface area contributed by atoms with Crippen molar-refractivity contribution in [1.29, 1.82) is 0 Å². The van der Waals surface area contributed by atoms with Crippen LogP contribution in [0.3, 0.4) is 0 Å². The van der Waals surface area contributed by atoms with Crippen LogP contribution in [0.2, 0.25) is 0 Å². The normalized spacial score (nSPS) is 12.7. The van der Waals surface area contributed by atoms with Crippen LogP contribution in [0.25, 0.3) is 0 Å². The van der Waals surface area contributed by atoms with Crippen molar-refractivity contribution >= 4 is 0 Å². The first kappa shape index (κ1) is 12.2. The molecule has 3 nitrogen and oxygen atoms in total. The van der Waals surface area contributed by atoms with Crippen molar-refractivity contribution in [1.82, 2.24) is 5.32 Å². The maximum Gasteiger partial charge on any atom is 0.0717 e. The van der Waals surface area contributed by atoms with Gasteiger partial charge in [-0.2, -0.15) is 0 Å². The van der Waals surface area contributed by atoms with Crippen molar-refractivity contribution in [3.63, 3.8) is 0 Å². The van der Waals surface area contributed by atoms with Gasteiger partial charge in [0.2, 0.25) is 0 Å². The van der Waals surface area contributed by atoms with Crippen LogP contribution in [-0.4, -0.2) is 30.9 Å². The van der Waals surface area contributed by atoms with Crippen LogP contribution in [0, 0.1) is 0 Å². The lowest BCUT2D eigenvalue weighted by molar-refractivity contribution is 0.118. The molecule has 1 aromatic carbocycles. The van der Waals surface area contributed by atoms with Crippen LogP contribution in [0.4, 0.5) is 0 Å². The minimum atomic E-state index is -0.292. The first-order chi connectivity index (χ1) is 7.29. The summed E-state index contributed by atoms with van der Waals surface area (Å²) >= 11 is 0. The van der Waals surface area contributed by atoms with Crippen LogP contribution >= 0.6 is 0 Å². The van der Waals surface area contributed by atoms with Crippen molar-refractivity contribution in [2.24, 2.45) is 0 Å². The largest absolute Gasteiger partial charge is 0.392 e. The predicted molar refractivity (Wildman–Crippen MR) is 60.6 cm³/mol. The molecular weight excluding hydrogens is 190 g/mol. The van der Waals surface area contributed by atoms with Gasteiger partial charge in [-0.15, -0.1) is 0 Å². The standard InChI is InChI=1S/C12H19NO2/c1-11(14)9-13-7-8-15-10-12-5-3-2-4-6-12/h2-6,11,13-14H,7-10H2,1H3. The van der Waals surface area contributed by atoms with Gasteiger partial charge in [-0.1, -0.05) is 30.3 Å². The summed E-state index contributed by atoms with van der Waals surface area (Å²) in [6, 6.07) is 10.1. The molecule has 0 radical (unpaired) electrons. The van der Waals surface area contributed by atoms with E-state index in [-0.39, 0.29) is 6.10 Å². The lowest BCUT2D eigenvalue weighted by Gasteiger charge is -2.07. The van der Waals surface area contributed by atoms with E-state index in [0.717, 1.165) is 6.54 Å². The fraction of sp³-hybridized carbons (Fsp3) is 0.500. The highest BCUT2D eigenvalue weighted by molar-refractivity contribution is 5.13. The van der Waals surface area contributed by atoms with Gasteiger partial charge in [-0.3, -0.25) is 0 Å². The van der Waals surface area contributed by atoms with Gasteiger partial charge in [0.15, 0.2) is 0 Å². The molecule has 0 saturated carbocycles. The Morgan fingerprint density at radius 1 is 1.33 bits per heavy atom. The Morgan fingerprint density at radius 2 is 2.07 bits per heavy atom. The van der Waals surface area contributed by atoms with Crippen LogP contribution in [0.1, 0.15) is 12.5 Å². The summed E-state index contributed by atoms with van der Waals surface area (Å²) in [6.45, 7) is 4.48. The van der Waals surface area contributed by atoms with Crippen LogP contribution in [0.15, 0.2) is 30.3 Å². The highest BCUT2D eigenvalue weighted by Gasteiger charge is 1.94. The number of benzene rings is 1. The zero-order valence-corrected chi connectivity index (χ0v) is 9.15. The van der Waals surface area contributed by atoms with Crippen LogP contribution < -0.4 is 5.32 Å². The third-order valence-corrected chi connectivity index (χ3v) is 1.97. The van der Waals surface area contributed by atoms with E-state index in [4.69, 9.17) is 9.84 Å². The van der Waals surface area contributed by atoms with E-state index in [1.807, 2.05) is 30.3 Å². The second-order valence-electron chi connectivity index (χ2n) is 3.59. The molecule has 0 heterocycles. The summed E-state index contributed by atoms with van der Waals surface area (Å²) in [5, 5.41) is 12.1. The molecule has 0 fully saturated rings. The summed E-state index contributed by atoms with van der Waals surface area (Å²) in [5.41, 5.74) is 1.19. The molecule has 0 aliphatic carbocycles. The second kappa shape index (κ2) is 7.40. The molecule has 0 saturated heterocycles. The molecule has 15 heavy (non-hydrogen) atoms. The number of hydrogen-bond donors (Lipinski definition) is 2. The van der Waals surface area contributed by atoms with Gasteiger partial charge in [0.1, 0.15) is 0 Å². The summed E-state index contributed by atoms with van der Waals surface area (Å²) in [5.74, 6) is 0. The van der Waals surface area contributed by atoms with E-state index in [1.165, 1.54) is 5.56 Å². The number of aliphatic hydroxyl groups is 1. The zero-order valence-electron chi connectivity index (χ0n) is 9.15. The predicted octanol–water partition coefficient (Wildman–Crippen LogP) is 1.17. The summed E-state index contributed by atoms with van der Waals surface area (Å²) in [7, 11) is 0. The molecule has 1 atom stereocenters. The van der Waals surface area contributed by atoms with Gasteiger partial charge in [0.05, 0.1) is 19.3 Å². The highest BCUT2D eigenvalue weighted by atomic mass is 16.5. The summed E-state index contributed by atoms with van der Waals surface area (Å²) in [4.78, 5) is 0. The topological polar surface area (TPSA) is 41.5 Å². The Bertz CT molecular complexity index is 249. The average molecular weight is 209 g/mol. The Labute approximate surface area is 91.1 Å². The average Bonchev–Trinajstić information content (AvgIpc) is 2.24. The first-order valence-electron chi connectivity index (χ1n) is 5.29. The highest BCUT2D eigenvalue weighted by Crippen LogP contribution is 1.99. The minimum Gasteiger partial charge on any atom is -0.392 e. The van der Waals surface area contributed by atoms with Crippen molar-refractivity contribution < 1.29 is 9.84 Å². The molecule has 1 unspecified atom stereocenters. The molecule has 3 heteroatoms. The number of nitrogens with one attached hydrogen (secondary N) is 1. The molecule has 0 aliphatic heterocycles. The molecule has 0 aliphatic rings. The Kier molecular flexibility index (Phi) is 6.00. The van der Waals surface area contributed by atoms with E-state index in [2.05, 4.69) is 5.32 Å². The van der Waals surface area contributed by atoms with Crippen molar-refractivity contribution in [3.05, 3.63) is 35.9 Å². The molecule has 0 aromatic heterocycles. The van der Waals surface area contributed by atoms with Gasteiger partial charge in [0, 0.05) is 13.1 Å². The van der Waals surface area contributed by atoms with Gasteiger partial charge < -0.3 is 15.2 Å². The smallest absolute Gasteiger partial charge is 0.0717 e. The molecule has 2 N–H and O–H groups in total. The molecule has 0 amide bonds. The van der Waals surface area contributed by atoms with E-state index < -0.39 is 0 Å². The van der Waals surface area contributed by atoms with Crippen molar-refractivity contribution in [2.75, 3.05) is 19.7 Å². The Balaban J connectivity index is 1.98. The molecule has 84 valence electrons. The van der Waals surface area contributed by atoms with Gasteiger partial charge in [-0.05, 0) is 12.5 Å². The maximum atomic E-state index is 8.98. The summed E-state index contributed by atoms with van der Waals surface area (Å²) < 4.78 is 5.46. The van der Waals surface area contributed by atoms with Gasteiger partial charge in [0.25, 0.3) is 0 Å². The van der Waals surface area contributed by atoms with Crippen LogP contribution in [0.5, 0.6) is 0 Å². The summed E-state index contributed by atoms with van der Waals surface area (Å²) in [6.07, 6.45) is -0.292. The number of aliphatic hydroxyl groups excluding tert-OH is 1. The third-order valence-electron chi connectivity index (χ3n) is 1.97. The van der Waals surface area contributed by atoms with Crippen LogP contribution in [-0.2, 0) is 11.3 Å². The first-order valence-corrected chi connectivity index (χ1v) is 5.29. The molecule has 0 bridgehead atoms. The monoisotopic (exact) mass is 209 g/mol. The van der Waals surface area contributed by atoms with Crippen molar-refractivity contribution in [3.8, 4) is 0 Å². The molecule has 1 rings (SSSR count). The van der Waals surface area contributed by atoms with E-state index >= 15 is 0 Å². The zero-order chi connectivity index (χ0) is 10.9. The fourth-order valence-electron chi connectivity index (χ4n) is 1.22. The SMILES string of the molecule is CC(O)CNCCOCc1ccccc1. The lowest BCUT2D eigenvalue weighted by Crippen LogP contribution is -2.27. The number of rotatable bonds is 7. The second-order valence-corrected chi connectivity index (χ2v) is 3.59. The maximum absolute atomic E-state index is 8.98. The molecule has 0 spiro atoms. The fourth-order valence-corrected chi connectivity index (χ4v) is 1.22. The van der Waals surface area contributed by atoms with E-state index in [1.54, 1.807) is 6.92 Å². The molecular formula is C12H19NO2. The van der Waals surface area contributed by atoms with Gasteiger partial charge in [-0.25, -0.2) is 0 Å². The number of hydrogen-bond acceptors (Lipinski definition) is 3.